The van der Waals surface area contributed by atoms with Crippen LogP contribution in [0.2, 0.25) is 0 Å². The van der Waals surface area contributed by atoms with Crippen LogP contribution in [-0.4, -0.2) is 27.8 Å². The van der Waals surface area contributed by atoms with Gasteiger partial charge in [-0.15, -0.1) is 0 Å². The molecular weight excluding hydrogens is 401 g/mol. The standard InChI is InChI=1S/C18H12F5N3O3/c19-11-4-1-9(2-5-11)16(28)24-14(8-27)17-25-15(26-29-17)10-3-6-12(13(20)7-10)18(21,22)23/h1-7,14,27H,8H2,(H,24,28)/t14-/m0/s1. The van der Waals surface area contributed by atoms with Crippen LogP contribution in [0.4, 0.5) is 22.0 Å². The van der Waals surface area contributed by atoms with Crippen molar-refractivity contribution in [1.82, 2.24) is 15.5 Å². The van der Waals surface area contributed by atoms with E-state index in [4.69, 9.17) is 4.52 Å². The highest BCUT2D eigenvalue weighted by atomic mass is 19.4. The fourth-order valence-electron chi connectivity index (χ4n) is 2.41. The molecule has 0 saturated carbocycles. The van der Waals surface area contributed by atoms with Crippen LogP contribution in [0.1, 0.15) is 27.9 Å². The molecule has 2 N–H and O–H groups in total. The zero-order valence-corrected chi connectivity index (χ0v) is 14.4. The molecule has 3 aromatic rings. The molecule has 0 radical (unpaired) electrons. The van der Waals surface area contributed by atoms with Gasteiger partial charge in [0, 0.05) is 11.1 Å². The highest BCUT2D eigenvalue weighted by molar-refractivity contribution is 5.94. The molecule has 1 atom stereocenters. The second kappa shape index (κ2) is 7.95. The first-order valence-corrected chi connectivity index (χ1v) is 8.07. The highest BCUT2D eigenvalue weighted by Gasteiger charge is 2.34. The first kappa shape index (κ1) is 20.4. The number of amides is 1. The third-order valence-electron chi connectivity index (χ3n) is 3.87. The lowest BCUT2D eigenvalue weighted by Gasteiger charge is -2.12. The smallest absolute Gasteiger partial charge is 0.394 e. The van der Waals surface area contributed by atoms with Gasteiger partial charge in [0.05, 0.1) is 12.2 Å². The summed E-state index contributed by atoms with van der Waals surface area (Å²) in [7, 11) is 0. The lowest BCUT2D eigenvalue weighted by atomic mass is 10.1. The zero-order chi connectivity index (χ0) is 21.2. The molecule has 1 amide bonds. The number of aliphatic hydroxyl groups is 1. The summed E-state index contributed by atoms with van der Waals surface area (Å²) < 4.78 is 69.5. The Hall–Kier alpha value is -3.34. The van der Waals surface area contributed by atoms with Gasteiger partial charge in [0.1, 0.15) is 17.7 Å². The third kappa shape index (κ3) is 4.57. The molecule has 11 heteroatoms. The molecule has 152 valence electrons. The van der Waals surface area contributed by atoms with E-state index in [1.165, 1.54) is 12.1 Å². The van der Waals surface area contributed by atoms with Crippen molar-refractivity contribution in [2.45, 2.75) is 12.2 Å². The number of benzene rings is 2. The number of halogens is 5. The molecule has 0 spiro atoms. The van der Waals surface area contributed by atoms with Gasteiger partial charge in [0.15, 0.2) is 0 Å². The fourth-order valence-corrected chi connectivity index (χ4v) is 2.41. The van der Waals surface area contributed by atoms with E-state index in [0.717, 1.165) is 18.2 Å². The first-order chi connectivity index (χ1) is 13.7. The highest BCUT2D eigenvalue weighted by Crippen LogP contribution is 2.33. The average Bonchev–Trinajstić information content (AvgIpc) is 3.15. The number of alkyl halides is 3. The summed E-state index contributed by atoms with van der Waals surface area (Å²) in [6.45, 7) is -0.643. The van der Waals surface area contributed by atoms with Crippen LogP contribution in [0, 0.1) is 11.6 Å². The Balaban J connectivity index is 1.79. The number of rotatable bonds is 5. The van der Waals surface area contributed by atoms with E-state index in [0.29, 0.717) is 12.1 Å². The van der Waals surface area contributed by atoms with Crippen LogP contribution < -0.4 is 5.32 Å². The molecule has 2 aromatic carbocycles. The topological polar surface area (TPSA) is 88.2 Å². The molecule has 3 rings (SSSR count). The molecule has 0 fully saturated rings. The number of aliphatic hydroxyl groups excluding tert-OH is 1. The summed E-state index contributed by atoms with van der Waals surface area (Å²) >= 11 is 0. The number of hydrogen-bond donors (Lipinski definition) is 2. The largest absolute Gasteiger partial charge is 0.419 e. The van der Waals surface area contributed by atoms with Crippen molar-refractivity contribution >= 4 is 5.91 Å². The van der Waals surface area contributed by atoms with E-state index in [2.05, 4.69) is 15.5 Å². The Morgan fingerprint density at radius 2 is 1.83 bits per heavy atom. The van der Waals surface area contributed by atoms with E-state index >= 15 is 0 Å². The lowest BCUT2D eigenvalue weighted by molar-refractivity contribution is -0.139. The van der Waals surface area contributed by atoms with E-state index in [1.54, 1.807) is 0 Å². The van der Waals surface area contributed by atoms with E-state index in [-0.39, 0.29) is 22.8 Å². The van der Waals surface area contributed by atoms with Gasteiger partial charge in [-0.1, -0.05) is 11.2 Å². The fraction of sp³-hybridized carbons (Fsp3) is 0.167. The van der Waals surface area contributed by atoms with E-state index in [1.807, 2.05) is 0 Å². The number of aromatic nitrogens is 2. The molecule has 0 saturated heterocycles. The Labute approximate surface area is 160 Å². The molecule has 0 aliphatic carbocycles. The van der Waals surface area contributed by atoms with Gasteiger partial charge < -0.3 is 14.9 Å². The molecule has 0 unspecified atom stereocenters. The van der Waals surface area contributed by atoms with Gasteiger partial charge in [0.25, 0.3) is 11.8 Å². The second-order valence-electron chi connectivity index (χ2n) is 5.86. The van der Waals surface area contributed by atoms with Gasteiger partial charge in [-0.3, -0.25) is 4.79 Å². The minimum atomic E-state index is -4.85. The van der Waals surface area contributed by atoms with Crippen molar-refractivity contribution in [3.05, 3.63) is 71.1 Å². The predicted octanol–water partition coefficient (Wildman–Crippen LogP) is 3.50. The number of carbonyl (C=O) groups excluding carboxylic acids is 1. The Kier molecular flexibility index (Phi) is 5.59. The summed E-state index contributed by atoms with van der Waals surface area (Å²) in [5, 5.41) is 15.4. The number of carbonyl (C=O) groups is 1. The maximum atomic E-state index is 13.7. The van der Waals surface area contributed by atoms with Crippen molar-refractivity contribution in [2.75, 3.05) is 6.61 Å². The van der Waals surface area contributed by atoms with Crippen LogP contribution >= 0.6 is 0 Å². The number of hydrogen-bond acceptors (Lipinski definition) is 5. The SMILES string of the molecule is O=C(N[C@@H](CO)c1nc(-c2ccc(C(F)(F)F)c(F)c2)no1)c1ccc(F)cc1. The zero-order valence-electron chi connectivity index (χ0n) is 14.4. The summed E-state index contributed by atoms with van der Waals surface area (Å²) in [6, 6.07) is 5.56. The Morgan fingerprint density at radius 3 is 2.41 bits per heavy atom. The average molecular weight is 413 g/mol. The molecule has 6 nitrogen and oxygen atoms in total. The maximum absolute atomic E-state index is 13.7. The quantitative estimate of drug-likeness (QED) is 0.626. The summed E-state index contributed by atoms with van der Waals surface area (Å²) in [5.41, 5.74) is -1.42. The molecule has 0 bridgehead atoms. The third-order valence-corrected chi connectivity index (χ3v) is 3.87. The summed E-state index contributed by atoms with van der Waals surface area (Å²) in [5.74, 6) is -3.19. The summed E-state index contributed by atoms with van der Waals surface area (Å²) in [6.07, 6.45) is -4.85. The monoisotopic (exact) mass is 413 g/mol. The Morgan fingerprint density at radius 1 is 1.14 bits per heavy atom. The van der Waals surface area contributed by atoms with Gasteiger partial charge in [0.2, 0.25) is 5.82 Å². The Bertz CT molecular complexity index is 1020. The van der Waals surface area contributed by atoms with Crippen molar-refractivity contribution in [3.63, 3.8) is 0 Å². The van der Waals surface area contributed by atoms with Crippen molar-refractivity contribution < 1.29 is 36.4 Å². The van der Waals surface area contributed by atoms with Gasteiger partial charge in [-0.2, -0.15) is 18.2 Å². The molecule has 29 heavy (non-hydrogen) atoms. The van der Waals surface area contributed by atoms with Crippen LogP contribution in [0.5, 0.6) is 0 Å². The molecule has 0 aliphatic rings. The molecule has 1 heterocycles. The molecule has 0 aliphatic heterocycles. The second-order valence-corrected chi connectivity index (χ2v) is 5.86. The van der Waals surface area contributed by atoms with Gasteiger partial charge in [-0.05, 0) is 36.4 Å². The van der Waals surface area contributed by atoms with Crippen LogP contribution in [0.15, 0.2) is 47.0 Å². The minimum absolute atomic E-state index is 0.0907. The van der Waals surface area contributed by atoms with Crippen molar-refractivity contribution in [2.24, 2.45) is 0 Å². The van der Waals surface area contributed by atoms with Gasteiger partial charge >= 0.3 is 6.18 Å². The minimum Gasteiger partial charge on any atom is -0.394 e. The molecular formula is C18H12F5N3O3. The number of nitrogens with one attached hydrogen (secondary N) is 1. The molecule has 1 aromatic heterocycles. The predicted molar refractivity (Wildman–Crippen MR) is 88.4 cm³/mol. The van der Waals surface area contributed by atoms with Gasteiger partial charge in [-0.25, -0.2) is 8.78 Å². The van der Waals surface area contributed by atoms with Crippen LogP contribution in [-0.2, 0) is 6.18 Å². The van der Waals surface area contributed by atoms with Crippen LogP contribution in [0.25, 0.3) is 11.4 Å². The number of nitrogens with zero attached hydrogens (tertiary/aromatic N) is 2. The van der Waals surface area contributed by atoms with Crippen molar-refractivity contribution in [1.29, 1.82) is 0 Å². The van der Waals surface area contributed by atoms with Crippen molar-refractivity contribution in [3.8, 4) is 11.4 Å². The normalized spacial score (nSPS) is 12.6. The van der Waals surface area contributed by atoms with E-state index < -0.39 is 41.9 Å². The van der Waals surface area contributed by atoms with Crippen LogP contribution in [0.3, 0.4) is 0 Å². The van der Waals surface area contributed by atoms with E-state index in [9.17, 15) is 31.9 Å². The lowest BCUT2D eigenvalue weighted by Crippen LogP contribution is -2.31. The first-order valence-electron chi connectivity index (χ1n) is 8.07. The maximum Gasteiger partial charge on any atom is 0.419 e. The summed E-state index contributed by atoms with van der Waals surface area (Å²) in [4.78, 5) is 16.0.